The van der Waals surface area contributed by atoms with E-state index >= 15 is 0 Å². The van der Waals surface area contributed by atoms with Gasteiger partial charge in [0.1, 0.15) is 5.82 Å². The van der Waals surface area contributed by atoms with Crippen molar-refractivity contribution in [3.05, 3.63) is 90.8 Å². The van der Waals surface area contributed by atoms with Crippen molar-refractivity contribution in [1.82, 2.24) is 14.9 Å². The summed E-state index contributed by atoms with van der Waals surface area (Å²) in [4.78, 5) is 36.5. The second kappa shape index (κ2) is 10.4. The third-order valence-corrected chi connectivity index (χ3v) is 9.55. The third kappa shape index (κ3) is 5.42. The van der Waals surface area contributed by atoms with Gasteiger partial charge in [0.15, 0.2) is 6.10 Å². The highest BCUT2D eigenvalue weighted by Crippen LogP contribution is 2.54. The fraction of sp³-hybridized carbons (Fsp3) is 0.433. The number of amides is 1. The van der Waals surface area contributed by atoms with Gasteiger partial charge in [-0.3, -0.25) is 9.59 Å². The monoisotopic (exact) mass is 605 g/mol. The summed E-state index contributed by atoms with van der Waals surface area (Å²) in [5.74, 6) is -2.92. The van der Waals surface area contributed by atoms with E-state index in [-0.39, 0.29) is 37.1 Å². The van der Waals surface area contributed by atoms with Crippen LogP contribution in [0.5, 0.6) is 0 Å². The topological polar surface area (TPSA) is 86.3 Å². The van der Waals surface area contributed by atoms with Gasteiger partial charge in [-0.05, 0) is 72.4 Å². The quantitative estimate of drug-likeness (QED) is 0.342. The van der Waals surface area contributed by atoms with Crippen molar-refractivity contribution in [1.29, 1.82) is 0 Å². The molecule has 0 saturated heterocycles. The van der Waals surface area contributed by atoms with E-state index in [0.717, 1.165) is 47.1 Å². The number of benzene rings is 1. The van der Waals surface area contributed by atoms with Crippen molar-refractivity contribution in [2.24, 2.45) is 0 Å². The van der Waals surface area contributed by atoms with Crippen LogP contribution in [0.2, 0.25) is 0 Å². The van der Waals surface area contributed by atoms with Crippen molar-refractivity contribution in [2.75, 3.05) is 6.54 Å². The molecule has 1 saturated carbocycles. The van der Waals surface area contributed by atoms with Crippen LogP contribution in [0.1, 0.15) is 83.3 Å². The number of carbonyl (C=O) groups excluding carboxylic acids is 1. The number of aromatic amines is 1. The molecule has 12 heteroatoms. The van der Waals surface area contributed by atoms with E-state index in [9.17, 15) is 36.6 Å². The minimum Gasteiger partial charge on any atom is -0.378 e. The maximum Gasteiger partial charge on any atom is 0.416 e. The molecule has 0 spiro atoms. The first-order valence-electron chi connectivity index (χ1n) is 13.8. The van der Waals surface area contributed by atoms with E-state index in [1.54, 1.807) is 6.08 Å². The number of rotatable bonds is 5. The van der Waals surface area contributed by atoms with Crippen LogP contribution < -0.4 is 5.56 Å². The molecule has 42 heavy (non-hydrogen) atoms. The van der Waals surface area contributed by atoms with Gasteiger partial charge in [0.25, 0.3) is 17.4 Å². The number of hydrogen-bond donors (Lipinski definition) is 2. The minimum atomic E-state index is -4.62. The number of nitrogens with zero attached hydrogens (tertiary/aromatic N) is 2. The number of fused-ring (bicyclic) bond motifs is 1. The number of aryl methyl sites for hydroxylation is 1. The van der Waals surface area contributed by atoms with Crippen LogP contribution in [0.25, 0.3) is 5.57 Å². The highest BCUT2D eigenvalue weighted by molar-refractivity contribution is 7.10. The molecule has 1 amide bonds. The number of alkyl halides is 5. The Bertz CT molecular complexity index is 1620. The number of halogens is 5. The largest absolute Gasteiger partial charge is 0.416 e. The number of aromatic nitrogens is 2. The average molecular weight is 606 g/mol. The van der Waals surface area contributed by atoms with Gasteiger partial charge >= 0.3 is 6.18 Å². The summed E-state index contributed by atoms with van der Waals surface area (Å²) in [5, 5.41) is 12.6. The van der Waals surface area contributed by atoms with E-state index in [2.05, 4.69) is 4.98 Å². The molecule has 2 aromatic heterocycles. The van der Waals surface area contributed by atoms with E-state index < -0.39 is 40.6 Å². The molecular formula is C30H28F5N3O3S. The van der Waals surface area contributed by atoms with Crippen molar-refractivity contribution >= 4 is 22.8 Å². The van der Waals surface area contributed by atoms with Crippen molar-refractivity contribution in [3.63, 3.8) is 0 Å². The smallest absolute Gasteiger partial charge is 0.378 e. The molecule has 3 aromatic rings. The molecule has 6 nitrogen and oxygen atoms in total. The molecule has 1 fully saturated rings. The van der Waals surface area contributed by atoms with Gasteiger partial charge in [-0.2, -0.15) is 13.2 Å². The maximum atomic E-state index is 13.6. The average Bonchev–Trinajstić information content (AvgIpc) is 3.67. The first kappa shape index (κ1) is 28.7. The van der Waals surface area contributed by atoms with Gasteiger partial charge in [-0.25, -0.2) is 13.8 Å². The van der Waals surface area contributed by atoms with E-state index in [4.69, 9.17) is 4.98 Å². The predicted molar refractivity (Wildman–Crippen MR) is 146 cm³/mol. The molecule has 6 rings (SSSR count). The SMILES string of the molecule is O=C([C@H](O)c1cccc(C(F)(F)F)c1)N1CCCc2nc(C3(c4cc(C5=CCC(F)(F)CC5)cs4)CC3)[nH]c(=O)c2C1. The Kier molecular flexibility index (Phi) is 7.12. The second-order valence-electron chi connectivity index (χ2n) is 11.3. The minimum absolute atomic E-state index is 0.123. The summed E-state index contributed by atoms with van der Waals surface area (Å²) in [6.07, 6.45) is -2.53. The van der Waals surface area contributed by atoms with Gasteiger partial charge in [0.2, 0.25) is 0 Å². The first-order valence-corrected chi connectivity index (χ1v) is 14.7. The molecule has 0 unspecified atom stereocenters. The third-order valence-electron chi connectivity index (χ3n) is 8.42. The Morgan fingerprint density at radius 2 is 1.93 bits per heavy atom. The predicted octanol–water partition coefficient (Wildman–Crippen LogP) is 6.14. The van der Waals surface area contributed by atoms with Crippen LogP contribution in [-0.4, -0.2) is 38.3 Å². The molecule has 3 aliphatic rings. The summed E-state index contributed by atoms with van der Waals surface area (Å²) in [5.41, 5.74) is 0.661. The molecule has 2 aliphatic carbocycles. The van der Waals surface area contributed by atoms with E-state index in [1.807, 2.05) is 11.4 Å². The van der Waals surface area contributed by atoms with Gasteiger partial charge < -0.3 is 15.0 Å². The maximum absolute atomic E-state index is 13.6. The molecule has 1 atom stereocenters. The van der Waals surface area contributed by atoms with Gasteiger partial charge in [-0.1, -0.05) is 18.2 Å². The lowest BCUT2D eigenvalue weighted by Crippen LogP contribution is -2.36. The molecule has 2 N–H and O–H groups in total. The number of hydrogen-bond acceptors (Lipinski definition) is 5. The lowest BCUT2D eigenvalue weighted by Gasteiger charge is -2.24. The fourth-order valence-corrected chi connectivity index (χ4v) is 6.97. The van der Waals surface area contributed by atoms with Crippen LogP contribution >= 0.6 is 11.3 Å². The van der Waals surface area contributed by atoms with Crippen molar-refractivity contribution in [2.45, 2.75) is 75.1 Å². The Morgan fingerprint density at radius 1 is 1.14 bits per heavy atom. The van der Waals surface area contributed by atoms with Gasteiger partial charge in [0, 0.05) is 24.3 Å². The lowest BCUT2D eigenvalue weighted by atomic mass is 9.92. The zero-order chi connectivity index (χ0) is 29.9. The highest BCUT2D eigenvalue weighted by atomic mass is 32.1. The number of carbonyl (C=O) groups is 1. The van der Waals surface area contributed by atoms with Crippen LogP contribution in [0, 0.1) is 0 Å². The summed E-state index contributed by atoms with van der Waals surface area (Å²) < 4.78 is 66.6. The fourth-order valence-electron chi connectivity index (χ4n) is 5.77. The number of H-pyrrole nitrogens is 1. The number of nitrogens with one attached hydrogen (secondary N) is 1. The number of thiophene rings is 1. The molecular weight excluding hydrogens is 577 g/mol. The zero-order valence-corrected chi connectivity index (χ0v) is 23.3. The summed E-state index contributed by atoms with van der Waals surface area (Å²) in [6, 6.07) is 6.02. The molecule has 3 heterocycles. The Hall–Kier alpha value is -3.38. The number of aliphatic hydroxyl groups is 1. The molecule has 0 radical (unpaired) electrons. The first-order chi connectivity index (χ1) is 19.9. The lowest BCUT2D eigenvalue weighted by molar-refractivity contribution is -0.142. The number of aliphatic hydroxyl groups excluding tert-OH is 1. The highest BCUT2D eigenvalue weighted by Gasteiger charge is 2.50. The Labute approximate surface area is 241 Å². The number of allylic oxidation sites excluding steroid dienone is 2. The summed E-state index contributed by atoms with van der Waals surface area (Å²) >= 11 is 1.52. The standard InChI is InChI=1S/C30H28F5N3O3S/c31-29(32)8-6-17(7-9-29)19-14-23(42-16-19)28(10-11-28)27-36-22-5-2-12-38(15-21(22)25(40)37-27)26(41)24(39)18-3-1-4-20(13-18)30(33,34)35/h1,3-4,6,13-14,16,24,39H,2,5,7-12,15H2,(H,36,37,40)/t24-/m1/s1. The van der Waals surface area contributed by atoms with Crippen LogP contribution in [0.4, 0.5) is 22.0 Å². The van der Waals surface area contributed by atoms with Crippen molar-refractivity contribution in [3.8, 4) is 0 Å². The normalized spacial score (nSPS) is 20.3. The zero-order valence-electron chi connectivity index (χ0n) is 22.4. The second-order valence-corrected chi connectivity index (χ2v) is 12.2. The Balaban J connectivity index is 1.23. The van der Waals surface area contributed by atoms with Crippen LogP contribution in [0.3, 0.4) is 0 Å². The van der Waals surface area contributed by atoms with E-state index in [0.29, 0.717) is 30.8 Å². The summed E-state index contributed by atoms with van der Waals surface area (Å²) in [6.45, 7) is 0.0787. The Morgan fingerprint density at radius 3 is 2.62 bits per heavy atom. The molecule has 222 valence electrons. The van der Waals surface area contributed by atoms with Gasteiger partial charge in [-0.15, -0.1) is 11.3 Å². The van der Waals surface area contributed by atoms with Gasteiger partial charge in [0.05, 0.1) is 28.8 Å². The van der Waals surface area contributed by atoms with Crippen LogP contribution in [0.15, 0.2) is 46.6 Å². The van der Waals surface area contributed by atoms with E-state index in [1.165, 1.54) is 22.3 Å². The van der Waals surface area contributed by atoms with Crippen molar-refractivity contribution < 1.29 is 31.9 Å². The summed E-state index contributed by atoms with van der Waals surface area (Å²) in [7, 11) is 0. The molecule has 0 bridgehead atoms. The molecule has 1 aliphatic heterocycles. The van der Waals surface area contributed by atoms with Crippen LogP contribution in [-0.2, 0) is 29.4 Å². The molecule has 1 aromatic carbocycles.